The van der Waals surface area contributed by atoms with Crippen LogP contribution in [0.25, 0.3) is 21.5 Å². The Morgan fingerprint density at radius 2 is 0.816 bits per heavy atom. The average Bonchev–Trinajstić information content (AvgIpc) is 2.90. The number of rotatable bonds is 4. The van der Waals surface area contributed by atoms with Gasteiger partial charge in [-0.05, 0) is 59.3 Å². The molecule has 0 aliphatic rings. The first-order chi connectivity index (χ1) is 18.2. The van der Waals surface area contributed by atoms with Crippen LogP contribution in [0.5, 0.6) is 11.5 Å². The second kappa shape index (κ2) is 9.55. The van der Waals surface area contributed by atoms with Gasteiger partial charge in [0.15, 0.2) is 46.4 Å². The molecular formula is C28H12F6O4. The smallest absolute Gasteiger partial charge is 0.346 e. The summed E-state index contributed by atoms with van der Waals surface area (Å²) in [6.07, 6.45) is 0. The van der Waals surface area contributed by atoms with Crippen molar-refractivity contribution in [2.75, 3.05) is 0 Å². The first kappa shape index (κ1) is 24.8. The van der Waals surface area contributed by atoms with Gasteiger partial charge in [-0.15, -0.1) is 0 Å². The van der Waals surface area contributed by atoms with Crippen LogP contribution in [0.2, 0.25) is 0 Å². The summed E-state index contributed by atoms with van der Waals surface area (Å²) in [6.45, 7) is 0. The molecule has 0 aliphatic carbocycles. The highest BCUT2D eigenvalue weighted by molar-refractivity contribution is 6.09. The normalized spacial score (nSPS) is 11.1. The molecule has 5 aromatic rings. The number of esters is 2. The quantitative estimate of drug-likeness (QED) is 0.107. The molecule has 0 atom stereocenters. The molecule has 0 amide bonds. The van der Waals surface area contributed by atoms with Crippen molar-refractivity contribution in [1.82, 2.24) is 0 Å². The van der Waals surface area contributed by atoms with Gasteiger partial charge in [0.05, 0.1) is 11.1 Å². The van der Waals surface area contributed by atoms with E-state index in [1.54, 1.807) is 0 Å². The molecule has 0 N–H and O–H groups in total. The fourth-order valence-corrected chi connectivity index (χ4v) is 3.90. The highest BCUT2D eigenvalue weighted by atomic mass is 19.2. The molecule has 0 spiro atoms. The van der Waals surface area contributed by atoms with E-state index >= 15 is 8.78 Å². The zero-order chi connectivity index (χ0) is 27.1. The van der Waals surface area contributed by atoms with Crippen molar-refractivity contribution in [2.45, 2.75) is 0 Å². The van der Waals surface area contributed by atoms with Gasteiger partial charge in [0.2, 0.25) is 0 Å². The summed E-state index contributed by atoms with van der Waals surface area (Å²) in [4.78, 5) is 24.5. The van der Waals surface area contributed by atoms with Crippen LogP contribution in [0.4, 0.5) is 26.3 Å². The Morgan fingerprint density at radius 1 is 0.447 bits per heavy atom. The Hall–Kier alpha value is -4.86. The largest absolute Gasteiger partial charge is 0.420 e. The van der Waals surface area contributed by atoms with Gasteiger partial charge in [-0.3, -0.25) is 0 Å². The lowest BCUT2D eigenvalue weighted by Crippen LogP contribution is -2.13. The molecule has 0 saturated carbocycles. The van der Waals surface area contributed by atoms with Gasteiger partial charge in [-0.2, -0.15) is 0 Å². The van der Waals surface area contributed by atoms with Gasteiger partial charge in [0.25, 0.3) is 0 Å². The fraction of sp³-hybridized carbons (Fsp3) is 0. The molecule has 38 heavy (non-hydrogen) atoms. The summed E-state index contributed by atoms with van der Waals surface area (Å²) in [5.41, 5.74) is -1.46. The maximum Gasteiger partial charge on any atom is 0.346 e. The minimum atomic E-state index is -1.45. The average molecular weight is 526 g/mol. The molecule has 0 saturated heterocycles. The molecule has 10 heteroatoms. The van der Waals surface area contributed by atoms with Gasteiger partial charge in [0, 0.05) is 10.8 Å². The van der Waals surface area contributed by atoms with Crippen molar-refractivity contribution in [2.24, 2.45) is 0 Å². The molecular weight excluding hydrogens is 514 g/mol. The SMILES string of the molecule is O=C(Oc1ccc2c(ccc3c(F)c(OC(=O)c4cccc(F)c4F)ccc32)c1F)c1cccc(F)c1F. The molecule has 0 bridgehead atoms. The third kappa shape index (κ3) is 4.19. The zero-order valence-corrected chi connectivity index (χ0v) is 18.8. The van der Waals surface area contributed by atoms with Crippen molar-refractivity contribution in [1.29, 1.82) is 0 Å². The van der Waals surface area contributed by atoms with E-state index in [4.69, 9.17) is 9.47 Å². The third-order valence-electron chi connectivity index (χ3n) is 5.74. The molecule has 190 valence electrons. The first-order valence-corrected chi connectivity index (χ1v) is 10.8. The van der Waals surface area contributed by atoms with Gasteiger partial charge >= 0.3 is 11.9 Å². The van der Waals surface area contributed by atoms with E-state index in [9.17, 15) is 27.2 Å². The van der Waals surface area contributed by atoms with Crippen molar-refractivity contribution in [3.05, 3.63) is 119 Å². The van der Waals surface area contributed by atoms with Gasteiger partial charge in [0.1, 0.15) is 0 Å². The standard InChI is InChI=1S/C28H12F6O4/c29-19-5-1-3-17(23(19)31)27(35)37-21-11-9-13-14-10-12-22(26(34)16(14)8-7-15(13)25(21)33)38-28(36)18-4-2-6-20(30)24(18)32/h1-12H. The zero-order valence-electron chi connectivity index (χ0n) is 18.8. The van der Waals surface area contributed by atoms with E-state index in [0.29, 0.717) is 0 Å². The highest BCUT2D eigenvalue weighted by Crippen LogP contribution is 2.36. The Bertz CT molecular complexity index is 1650. The molecule has 0 aromatic heterocycles. The van der Waals surface area contributed by atoms with Crippen molar-refractivity contribution in [3.8, 4) is 11.5 Å². The Morgan fingerprint density at radius 3 is 1.21 bits per heavy atom. The predicted molar refractivity (Wildman–Crippen MR) is 124 cm³/mol. The van der Waals surface area contributed by atoms with Crippen molar-refractivity contribution in [3.63, 3.8) is 0 Å². The van der Waals surface area contributed by atoms with Crippen LogP contribution in [0.1, 0.15) is 20.7 Å². The number of carbonyl (C=O) groups excluding carboxylic acids is 2. The number of hydrogen-bond donors (Lipinski definition) is 0. The molecule has 0 heterocycles. The lowest BCUT2D eigenvalue weighted by atomic mass is 10.0. The molecule has 0 radical (unpaired) electrons. The topological polar surface area (TPSA) is 52.6 Å². The summed E-state index contributed by atoms with van der Waals surface area (Å²) in [6, 6.07) is 12.8. The lowest BCUT2D eigenvalue weighted by molar-refractivity contribution is 0.0713. The Kier molecular flexibility index (Phi) is 6.23. The highest BCUT2D eigenvalue weighted by Gasteiger charge is 2.22. The summed E-state index contributed by atoms with van der Waals surface area (Å²) in [7, 11) is 0. The fourth-order valence-electron chi connectivity index (χ4n) is 3.90. The summed E-state index contributed by atoms with van der Waals surface area (Å²) >= 11 is 0. The molecule has 0 unspecified atom stereocenters. The van der Waals surface area contributed by atoms with E-state index in [2.05, 4.69) is 0 Å². The number of benzene rings is 5. The molecule has 5 aromatic carbocycles. The second-order valence-electron chi connectivity index (χ2n) is 7.99. The third-order valence-corrected chi connectivity index (χ3v) is 5.74. The van der Waals surface area contributed by atoms with Crippen molar-refractivity contribution >= 4 is 33.5 Å². The van der Waals surface area contributed by atoms with E-state index in [0.717, 1.165) is 48.5 Å². The maximum atomic E-state index is 15.2. The van der Waals surface area contributed by atoms with Gasteiger partial charge in [-0.25, -0.2) is 35.9 Å². The first-order valence-electron chi connectivity index (χ1n) is 10.8. The molecule has 4 nitrogen and oxygen atoms in total. The van der Waals surface area contributed by atoms with Gasteiger partial charge < -0.3 is 9.47 Å². The molecule has 0 aliphatic heterocycles. The van der Waals surface area contributed by atoms with E-state index in [-0.39, 0.29) is 21.5 Å². The van der Waals surface area contributed by atoms with Crippen LogP contribution in [-0.4, -0.2) is 11.9 Å². The number of ether oxygens (including phenoxy) is 2. The lowest BCUT2D eigenvalue weighted by Gasteiger charge is -2.12. The van der Waals surface area contributed by atoms with Crippen LogP contribution in [0, 0.1) is 34.9 Å². The monoisotopic (exact) mass is 526 g/mol. The van der Waals surface area contributed by atoms with Crippen molar-refractivity contribution < 1.29 is 45.4 Å². The summed E-state index contributed by atoms with van der Waals surface area (Å²) < 4.78 is 94.9. The van der Waals surface area contributed by atoms with E-state index < -0.39 is 69.5 Å². The molecule has 5 rings (SSSR count). The maximum absolute atomic E-state index is 15.2. The van der Waals surface area contributed by atoms with E-state index in [1.807, 2.05) is 0 Å². The van der Waals surface area contributed by atoms with Crippen LogP contribution < -0.4 is 9.47 Å². The number of hydrogen-bond acceptors (Lipinski definition) is 4. The number of halogens is 6. The van der Waals surface area contributed by atoms with E-state index in [1.165, 1.54) is 24.3 Å². The van der Waals surface area contributed by atoms with Crippen LogP contribution in [0.15, 0.2) is 72.8 Å². The van der Waals surface area contributed by atoms with Crippen LogP contribution in [0.3, 0.4) is 0 Å². The minimum absolute atomic E-state index is 0.0894. The van der Waals surface area contributed by atoms with Crippen LogP contribution in [-0.2, 0) is 0 Å². The summed E-state index contributed by atoms with van der Waals surface area (Å²) in [5, 5.41) is 0.191. The Balaban J connectivity index is 1.49. The number of carbonyl (C=O) groups is 2. The Labute approximate surface area is 209 Å². The van der Waals surface area contributed by atoms with Gasteiger partial charge in [-0.1, -0.05) is 24.3 Å². The number of fused-ring (bicyclic) bond motifs is 3. The predicted octanol–water partition coefficient (Wildman–Crippen LogP) is 7.27. The second-order valence-corrected chi connectivity index (χ2v) is 7.99. The summed E-state index contributed by atoms with van der Waals surface area (Å²) in [5.74, 6) is -11.3. The molecule has 0 fully saturated rings. The van der Waals surface area contributed by atoms with Crippen LogP contribution >= 0.6 is 0 Å². The minimum Gasteiger partial charge on any atom is -0.420 e.